The Labute approximate surface area is 93.5 Å². The molecule has 0 spiro atoms. The Balaban J connectivity index is 2.73. The third-order valence-corrected chi connectivity index (χ3v) is 3.38. The summed E-state index contributed by atoms with van der Waals surface area (Å²) >= 11 is 0. The van der Waals surface area contributed by atoms with E-state index in [1.165, 1.54) is 5.56 Å². The third kappa shape index (κ3) is 3.26. The van der Waals surface area contributed by atoms with Crippen molar-refractivity contribution < 1.29 is 4.74 Å². The van der Waals surface area contributed by atoms with Crippen LogP contribution in [0.4, 0.5) is 0 Å². The molecule has 0 radical (unpaired) electrons. The van der Waals surface area contributed by atoms with Crippen LogP contribution < -0.4 is 4.74 Å². The Hall–Kier alpha value is -0.980. The molecule has 84 valence electrons. The Bertz CT molecular complexity index is 296. The molecule has 0 bridgehead atoms. The molecule has 0 fully saturated rings. The van der Waals surface area contributed by atoms with E-state index in [0.717, 1.165) is 12.2 Å². The van der Waals surface area contributed by atoms with Gasteiger partial charge in [-0.25, -0.2) is 0 Å². The lowest BCUT2D eigenvalue weighted by molar-refractivity contribution is 0.248. The van der Waals surface area contributed by atoms with Gasteiger partial charge in [0.2, 0.25) is 0 Å². The average molecular weight is 206 g/mol. The van der Waals surface area contributed by atoms with Crippen LogP contribution in [0.3, 0.4) is 0 Å². The van der Waals surface area contributed by atoms with Crippen LogP contribution in [-0.4, -0.2) is 7.11 Å². The molecule has 0 aliphatic carbocycles. The molecule has 0 aliphatic heterocycles. The van der Waals surface area contributed by atoms with Gasteiger partial charge in [0, 0.05) is 0 Å². The summed E-state index contributed by atoms with van der Waals surface area (Å²) in [5.41, 5.74) is 1.74. The lowest BCUT2D eigenvalue weighted by Gasteiger charge is -2.29. The second kappa shape index (κ2) is 4.69. The van der Waals surface area contributed by atoms with Gasteiger partial charge in [0.25, 0.3) is 0 Å². The molecule has 0 unspecified atom stereocenters. The minimum absolute atomic E-state index is 0.356. The van der Waals surface area contributed by atoms with E-state index >= 15 is 0 Å². The van der Waals surface area contributed by atoms with E-state index in [9.17, 15) is 0 Å². The van der Waals surface area contributed by atoms with Crippen LogP contribution in [0, 0.1) is 11.3 Å². The van der Waals surface area contributed by atoms with Gasteiger partial charge < -0.3 is 4.74 Å². The largest absolute Gasteiger partial charge is 0.497 e. The van der Waals surface area contributed by atoms with Crippen LogP contribution >= 0.6 is 0 Å². The van der Waals surface area contributed by atoms with Crippen molar-refractivity contribution in [2.24, 2.45) is 11.3 Å². The zero-order valence-electron chi connectivity index (χ0n) is 10.5. The molecule has 1 nitrogen and oxygen atoms in total. The second-order valence-electron chi connectivity index (χ2n) is 5.17. The van der Waals surface area contributed by atoms with Gasteiger partial charge in [-0.15, -0.1) is 0 Å². The van der Waals surface area contributed by atoms with Gasteiger partial charge in [-0.05, 0) is 35.4 Å². The maximum atomic E-state index is 5.15. The van der Waals surface area contributed by atoms with Crippen molar-refractivity contribution in [2.45, 2.75) is 34.1 Å². The first kappa shape index (κ1) is 12.1. The van der Waals surface area contributed by atoms with Crippen molar-refractivity contribution in [3.05, 3.63) is 29.8 Å². The first-order valence-electron chi connectivity index (χ1n) is 5.58. The number of rotatable bonds is 4. The average Bonchev–Trinajstić information content (AvgIpc) is 2.18. The molecular formula is C14H22O. The smallest absolute Gasteiger partial charge is 0.118 e. The summed E-state index contributed by atoms with van der Waals surface area (Å²) in [6.45, 7) is 9.21. The van der Waals surface area contributed by atoms with Crippen molar-refractivity contribution >= 4 is 0 Å². The van der Waals surface area contributed by atoms with Crippen LogP contribution in [0.15, 0.2) is 24.3 Å². The lowest BCUT2D eigenvalue weighted by Crippen LogP contribution is -2.21. The van der Waals surface area contributed by atoms with Crippen LogP contribution in [0.1, 0.15) is 33.3 Å². The van der Waals surface area contributed by atoms with E-state index in [1.807, 2.05) is 12.1 Å². The normalized spacial score (nSPS) is 11.9. The monoisotopic (exact) mass is 206 g/mol. The molecule has 0 aromatic heterocycles. The summed E-state index contributed by atoms with van der Waals surface area (Å²) in [5.74, 6) is 1.63. The predicted molar refractivity (Wildman–Crippen MR) is 65.3 cm³/mol. The number of methoxy groups -OCH3 is 1. The topological polar surface area (TPSA) is 9.23 Å². The van der Waals surface area contributed by atoms with Gasteiger partial charge in [0.1, 0.15) is 5.75 Å². The number of ether oxygens (including phenoxy) is 1. The summed E-state index contributed by atoms with van der Waals surface area (Å²) < 4.78 is 5.15. The molecule has 0 atom stereocenters. The molecule has 15 heavy (non-hydrogen) atoms. The van der Waals surface area contributed by atoms with E-state index in [1.54, 1.807) is 7.11 Å². The van der Waals surface area contributed by atoms with Crippen molar-refractivity contribution in [1.29, 1.82) is 0 Å². The number of hydrogen-bond donors (Lipinski definition) is 0. The van der Waals surface area contributed by atoms with Crippen molar-refractivity contribution in [2.75, 3.05) is 7.11 Å². The van der Waals surface area contributed by atoms with Crippen molar-refractivity contribution in [3.63, 3.8) is 0 Å². The highest BCUT2D eigenvalue weighted by Crippen LogP contribution is 2.30. The fourth-order valence-corrected chi connectivity index (χ4v) is 1.47. The standard InChI is InChI=1S/C14H22O/c1-11(2)14(3,4)10-12-6-8-13(15-5)9-7-12/h6-9,11H,10H2,1-5H3. The van der Waals surface area contributed by atoms with Crippen LogP contribution in [0.2, 0.25) is 0 Å². The second-order valence-corrected chi connectivity index (χ2v) is 5.17. The molecular weight excluding hydrogens is 184 g/mol. The Morgan fingerprint density at radius 3 is 2.07 bits per heavy atom. The molecule has 0 aliphatic rings. The highest BCUT2D eigenvalue weighted by Gasteiger charge is 2.22. The van der Waals surface area contributed by atoms with Crippen LogP contribution in [0.25, 0.3) is 0 Å². The fraction of sp³-hybridized carbons (Fsp3) is 0.571. The highest BCUT2D eigenvalue weighted by molar-refractivity contribution is 5.27. The molecule has 1 heteroatoms. The highest BCUT2D eigenvalue weighted by atomic mass is 16.5. The maximum Gasteiger partial charge on any atom is 0.118 e. The van der Waals surface area contributed by atoms with E-state index < -0.39 is 0 Å². The molecule has 0 heterocycles. The summed E-state index contributed by atoms with van der Waals surface area (Å²) in [6.07, 6.45) is 1.12. The number of hydrogen-bond acceptors (Lipinski definition) is 1. The minimum Gasteiger partial charge on any atom is -0.497 e. The first-order valence-corrected chi connectivity index (χ1v) is 5.58. The molecule has 1 rings (SSSR count). The van der Waals surface area contributed by atoms with Gasteiger partial charge in [-0.1, -0.05) is 39.8 Å². The van der Waals surface area contributed by atoms with E-state index in [0.29, 0.717) is 11.3 Å². The van der Waals surface area contributed by atoms with Crippen LogP contribution in [-0.2, 0) is 6.42 Å². The lowest BCUT2D eigenvalue weighted by atomic mass is 9.76. The van der Waals surface area contributed by atoms with E-state index in [-0.39, 0.29) is 0 Å². The summed E-state index contributed by atoms with van der Waals surface area (Å²) in [7, 11) is 1.70. The van der Waals surface area contributed by atoms with E-state index in [2.05, 4.69) is 39.8 Å². The molecule has 1 aromatic carbocycles. The maximum absolute atomic E-state index is 5.15. The quantitative estimate of drug-likeness (QED) is 0.725. The zero-order chi connectivity index (χ0) is 11.5. The van der Waals surface area contributed by atoms with Gasteiger partial charge in [0.05, 0.1) is 7.11 Å². The molecule has 1 aromatic rings. The molecule has 0 saturated carbocycles. The van der Waals surface area contributed by atoms with Crippen LogP contribution in [0.5, 0.6) is 5.75 Å². The summed E-state index contributed by atoms with van der Waals surface area (Å²) in [4.78, 5) is 0. The van der Waals surface area contributed by atoms with E-state index in [4.69, 9.17) is 4.74 Å². The third-order valence-electron chi connectivity index (χ3n) is 3.38. The Morgan fingerprint density at radius 1 is 1.13 bits per heavy atom. The Morgan fingerprint density at radius 2 is 1.67 bits per heavy atom. The zero-order valence-corrected chi connectivity index (χ0v) is 10.5. The van der Waals surface area contributed by atoms with Crippen molar-refractivity contribution in [3.8, 4) is 5.75 Å². The number of benzene rings is 1. The molecule has 0 saturated heterocycles. The van der Waals surface area contributed by atoms with Gasteiger partial charge in [-0.2, -0.15) is 0 Å². The van der Waals surface area contributed by atoms with Crippen molar-refractivity contribution in [1.82, 2.24) is 0 Å². The Kier molecular flexibility index (Phi) is 3.78. The summed E-state index contributed by atoms with van der Waals surface area (Å²) in [6, 6.07) is 8.38. The summed E-state index contributed by atoms with van der Waals surface area (Å²) in [5, 5.41) is 0. The predicted octanol–water partition coefficient (Wildman–Crippen LogP) is 3.92. The van der Waals surface area contributed by atoms with Gasteiger partial charge in [0.15, 0.2) is 0 Å². The minimum atomic E-state index is 0.356. The fourth-order valence-electron chi connectivity index (χ4n) is 1.47. The first-order chi connectivity index (χ1) is 6.95. The molecule has 0 amide bonds. The van der Waals surface area contributed by atoms with Gasteiger partial charge >= 0.3 is 0 Å². The molecule has 0 N–H and O–H groups in total. The SMILES string of the molecule is COc1ccc(CC(C)(C)C(C)C)cc1. The van der Waals surface area contributed by atoms with Gasteiger partial charge in [-0.3, -0.25) is 0 Å².